The van der Waals surface area contributed by atoms with Crippen molar-refractivity contribution in [1.82, 2.24) is 15.3 Å². The fourth-order valence-corrected chi connectivity index (χ4v) is 3.51. The molecular weight excluding hydrogens is 366 g/mol. The summed E-state index contributed by atoms with van der Waals surface area (Å²) in [5.41, 5.74) is 7.48. The Morgan fingerprint density at radius 1 is 1.26 bits per heavy atom. The SMILES string of the molecule is Cc1cc(N(C)CCOc2ccc(CC3SC(=O)NC3=O)cc2)nc(N)n1. The molecule has 2 heterocycles. The van der Waals surface area contributed by atoms with E-state index in [4.69, 9.17) is 10.5 Å². The summed E-state index contributed by atoms with van der Waals surface area (Å²) in [5.74, 6) is 1.52. The predicted molar refractivity (Wildman–Crippen MR) is 105 cm³/mol. The lowest BCUT2D eigenvalue weighted by Crippen LogP contribution is -2.25. The number of hydrogen-bond acceptors (Lipinski definition) is 8. The standard InChI is InChI=1S/C18H21N5O3S/c1-11-9-15(21-17(19)20-11)23(2)7-8-26-13-5-3-12(4-6-13)10-14-16(24)22-18(25)27-14/h3-6,9,14H,7-8,10H2,1-2H3,(H2,19,20,21)(H,22,24,25). The molecule has 1 aromatic carbocycles. The molecule has 2 amide bonds. The number of nitrogens with one attached hydrogen (secondary N) is 1. The van der Waals surface area contributed by atoms with Crippen LogP contribution in [-0.2, 0) is 11.2 Å². The van der Waals surface area contributed by atoms with Crippen LogP contribution in [0.3, 0.4) is 0 Å². The maximum atomic E-state index is 11.6. The molecule has 1 saturated heterocycles. The van der Waals surface area contributed by atoms with Crippen LogP contribution in [0.2, 0.25) is 0 Å². The monoisotopic (exact) mass is 387 g/mol. The van der Waals surface area contributed by atoms with Gasteiger partial charge in [-0.05, 0) is 31.0 Å². The summed E-state index contributed by atoms with van der Waals surface area (Å²) < 4.78 is 5.77. The van der Waals surface area contributed by atoms with E-state index < -0.39 is 0 Å². The fourth-order valence-electron chi connectivity index (χ4n) is 2.65. The first-order valence-electron chi connectivity index (χ1n) is 8.46. The number of imide groups is 1. The number of nitrogens with zero attached hydrogens (tertiary/aromatic N) is 3. The molecule has 1 aliphatic rings. The Morgan fingerprint density at radius 3 is 2.63 bits per heavy atom. The number of hydrogen-bond donors (Lipinski definition) is 2. The molecule has 0 radical (unpaired) electrons. The van der Waals surface area contributed by atoms with Crippen molar-refractivity contribution in [3.05, 3.63) is 41.6 Å². The second-order valence-corrected chi connectivity index (χ2v) is 7.40. The normalized spacial score (nSPS) is 16.3. The summed E-state index contributed by atoms with van der Waals surface area (Å²) in [6.45, 7) is 2.99. The van der Waals surface area contributed by atoms with E-state index in [1.165, 1.54) is 0 Å². The summed E-state index contributed by atoms with van der Waals surface area (Å²) in [7, 11) is 1.92. The minimum absolute atomic E-state index is 0.228. The molecule has 27 heavy (non-hydrogen) atoms. The van der Waals surface area contributed by atoms with Gasteiger partial charge in [0.05, 0.1) is 11.8 Å². The zero-order chi connectivity index (χ0) is 19.4. The van der Waals surface area contributed by atoms with Crippen molar-refractivity contribution < 1.29 is 14.3 Å². The van der Waals surface area contributed by atoms with Crippen LogP contribution in [-0.4, -0.2) is 46.6 Å². The number of benzene rings is 1. The summed E-state index contributed by atoms with van der Waals surface area (Å²) in [6.07, 6.45) is 0.514. The number of likely N-dealkylation sites (N-methyl/N-ethyl adjacent to an activating group) is 1. The van der Waals surface area contributed by atoms with Crippen molar-refractivity contribution in [2.75, 3.05) is 30.8 Å². The second-order valence-electron chi connectivity index (χ2n) is 6.23. The van der Waals surface area contributed by atoms with Crippen LogP contribution in [0.1, 0.15) is 11.3 Å². The van der Waals surface area contributed by atoms with Gasteiger partial charge < -0.3 is 15.4 Å². The van der Waals surface area contributed by atoms with Crippen molar-refractivity contribution >= 4 is 34.7 Å². The molecule has 0 saturated carbocycles. The molecule has 1 fully saturated rings. The number of nitrogen functional groups attached to an aromatic ring is 1. The Morgan fingerprint density at radius 2 is 2.00 bits per heavy atom. The predicted octanol–water partition coefficient (Wildman–Crippen LogP) is 1.78. The lowest BCUT2D eigenvalue weighted by atomic mass is 10.1. The average molecular weight is 387 g/mol. The Bertz CT molecular complexity index is 823. The topological polar surface area (TPSA) is 110 Å². The van der Waals surface area contributed by atoms with Gasteiger partial charge in [0.15, 0.2) is 0 Å². The van der Waals surface area contributed by atoms with Crippen LogP contribution < -0.4 is 20.7 Å². The number of rotatable bonds is 7. The van der Waals surface area contributed by atoms with Crippen LogP contribution in [0.25, 0.3) is 0 Å². The highest BCUT2D eigenvalue weighted by Crippen LogP contribution is 2.24. The van der Waals surface area contributed by atoms with E-state index in [9.17, 15) is 9.59 Å². The molecule has 8 nitrogen and oxygen atoms in total. The van der Waals surface area contributed by atoms with Crippen LogP contribution >= 0.6 is 11.8 Å². The van der Waals surface area contributed by atoms with Crippen molar-refractivity contribution in [2.24, 2.45) is 0 Å². The number of carbonyl (C=O) groups excluding carboxylic acids is 2. The summed E-state index contributed by atoms with van der Waals surface area (Å²) in [4.78, 5) is 33.1. The van der Waals surface area contributed by atoms with Crippen molar-refractivity contribution in [1.29, 1.82) is 0 Å². The summed E-state index contributed by atoms with van der Waals surface area (Å²) in [5, 5.41) is 1.65. The number of aromatic nitrogens is 2. The van der Waals surface area contributed by atoms with Gasteiger partial charge in [0.2, 0.25) is 11.9 Å². The van der Waals surface area contributed by atoms with Gasteiger partial charge in [-0.1, -0.05) is 23.9 Å². The number of carbonyl (C=O) groups is 2. The lowest BCUT2D eigenvalue weighted by molar-refractivity contribution is -0.118. The van der Waals surface area contributed by atoms with Gasteiger partial charge in [0.25, 0.3) is 5.24 Å². The largest absolute Gasteiger partial charge is 0.492 e. The van der Waals surface area contributed by atoms with Crippen molar-refractivity contribution in [3.63, 3.8) is 0 Å². The van der Waals surface area contributed by atoms with E-state index in [0.29, 0.717) is 19.6 Å². The minimum Gasteiger partial charge on any atom is -0.492 e. The summed E-state index contributed by atoms with van der Waals surface area (Å²) in [6, 6.07) is 9.41. The van der Waals surface area contributed by atoms with E-state index >= 15 is 0 Å². The first-order valence-corrected chi connectivity index (χ1v) is 9.34. The van der Waals surface area contributed by atoms with E-state index in [2.05, 4.69) is 15.3 Å². The molecule has 3 rings (SSSR count). The fraction of sp³-hybridized carbons (Fsp3) is 0.333. The molecule has 3 N–H and O–H groups in total. The maximum Gasteiger partial charge on any atom is 0.286 e. The molecule has 0 bridgehead atoms. The molecule has 1 aliphatic heterocycles. The Hall–Kier alpha value is -2.81. The van der Waals surface area contributed by atoms with Gasteiger partial charge in [0.1, 0.15) is 18.2 Å². The Kier molecular flexibility index (Phi) is 5.80. The Labute approximate surface area is 161 Å². The van der Waals surface area contributed by atoms with Gasteiger partial charge in [-0.25, -0.2) is 4.98 Å². The van der Waals surface area contributed by atoms with E-state index in [1.807, 2.05) is 49.2 Å². The third-order valence-corrected chi connectivity index (χ3v) is 5.04. The number of amides is 2. The molecule has 142 valence electrons. The highest BCUT2D eigenvalue weighted by atomic mass is 32.2. The zero-order valence-corrected chi connectivity index (χ0v) is 16.0. The summed E-state index contributed by atoms with van der Waals surface area (Å²) >= 11 is 1.03. The molecule has 1 atom stereocenters. The van der Waals surface area contributed by atoms with E-state index in [1.54, 1.807) is 0 Å². The highest BCUT2D eigenvalue weighted by molar-refractivity contribution is 8.15. The average Bonchev–Trinajstić information content (AvgIpc) is 2.92. The molecule has 0 spiro atoms. The number of aryl methyl sites for hydroxylation is 1. The number of nitrogens with two attached hydrogens (primary N) is 1. The van der Waals surface area contributed by atoms with Crippen LogP contribution in [0.5, 0.6) is 5.75 Å². The number of ether oxygens (including phenoxy) is 1. The first kappa shape index (κ1) is 19.0. The molecule has 1 aromatic heterocycles. The maximum absolute atomic E-state index is 11.6. The van der Waals surface area contributed by atoms with Gasteiger partial charge >= 0.3 is 0 Å². The number of anilines is 2. The highest BCUT2D eigenvalue weighted by Gasteiger charge is 2.31. The minimum atomic E-state index is -0.360. The van der Waals surface area contributed by atoms with E-state index in [-0.39, 0.29) is 22.3 Å². The molecule has 9 heteroatoms. The third kappa shape index (κ3) is 5.10. The quantitative estimate of drug-likeness (QED) is 0.740. The molecule has 2 aromatic rings. The van der Waals surface area contributed by atoms with Gasteiger partial charge in [-0.15, -0.1) is 0 Å². The van der Waals surface area contributed by atoms with Gasteiger partial charge in [0, 0.05) is 18.8 Å². The molecular formula is C18H21N5O3S. The van der Waals surface area contributed by atoms with Crippen LogP contribution in [0, 0.1) is 6.92 Å². The zero-order valence-electron chi connectivity index (χ0n) is 15.1. The molecule has 1 unspecified atom stereocenters. The van der Waals surface area contributed by atoms with Crippen molar-refractivity contribution in [2.45, 2.75) is 18.6 Å². The van der Waals surface area contributed by atoms with Gasteiger partial charge in [-0.2, -0.15) is 4.98 Å². The van der Waals surface area contributed by atoms with E-state index in [0.717, 1.165) is 34.6 Å². The smallest absolute Gasteiger partial charge is 0.286 e. The molecule has 0 aliphatic carbocycles. The number of thioether (sulfide) groups is 1. The third-order valence-electron chi connectivity index (χ3n) is 4.06. The Balaban J connectivity index is 1.48. The lowest BCUT2D eigenvalue weighted by Gasteiger charge is -2.19. The van der Waals surface area contributed by atoms with Crippen molar-refractivity contribution in [3.8, 4) is 5.75 Å². The second kappa shape index (κ2) is 8.26. The first-order chi connectivity index (χ1) is 12.9. The van der Waals surface area contributed by atoms with Crippen LogP contribution in [0.4, 0.5) is 16.6 Å². The van der Waals surface area contributed by atoms with Gasteiger partial charge in [-0.3, -0.25) is 14.9 Å². The van der Waals surface area contributed by atoms with Crippen LogP contribution in [0.15, 0.2) is 30.3 Å².